The number of carbonyl (C=O) groups excluding carboxylic acids is 4. The van der Waals surface area contributed by atoms with E-state index in [1.54, 1.807) is 24.3 Å². The van der Waals surface area contributed by atoms with Gasteiger partial charge in [0.1, 0.15) is 6.54 Å². The first-order valence-corrected chi connectivity index (χ1v) is 12.4. The van der Waals surface area contributed by atoms with Crippen LogP contribution in [0, 0.1) is 42.4 Å². The number of hydrogen-bond acceptors (Lipinski definition) is 4. The number of halogens is 2. The van der Waals surface area contributed by atoms with Crippen LogP contribution in [0.15, 0.2) is 54.6 Å². The normalized spacial score (nSPS) is 29.7. The van der Waals surface area contributed by atoms with Crippen LogP contribution in [0.1, 0.15) is 32.7 Å². The number of aryl methyl sites for hydroxylation is 1. The summed E-state index contributed by atoms with van der Waals surface area (Å²) in [6, 6.07) is 11.3. The van der Waals surface area contributed by atoms with Crippen molar-refractivity contribution in [2.24, 2.45) is 35.5 Å². The third kappa shape index (κ3) is 3.46. The number of carbonyl (C=O) groups is 4. The Kier molecular flexibility index (Phi) is 5.17. The van der Waals surface area contributed by atoms with Crippen LogP contribution in [0.4, 0.5) is 0 Å². The van der Waals surface area contributed by atoms with Crippen LogP contribution in [-0.4, -0.2) is 40.1 Å². The summed E-state index contributed by atoms with van der Waals surface area (Å²) < 4.78 is 0. The van der Waals surface area contributed by atoms with Gasteiger partial charge in [-0.05, 0) is 55.2 Å². The van der Waals surface area contributed by atoms with Gasteiger partial charge in [0.2, 0.25) is 0 Å². The Balaban J connectivity index is 1.38. The van der Waals surface area contributed by atoms with Gasteiger partial charge in [0.05, 0.1) is 22.4 Å². The van der Waals surface area contributed by atoms with E-state index >= 15 is 0 Å². The average Bonchev–Trinajstić information content (AvgIpc) is 3.61. The van der Waals surface area contributed by atoms with Crippen molar-refractivity contribution in [1.29, 1.82) is 0 Å². The molecule has 5 aliphatic rings. The fourth-order valence-corrected chi connectivity index (χ4v) is 6.67. The van der Waals surface area contributed by atoms with E-state index in [-0.39, 0.29) is 28.2 Å². The predicted molar refractivity (Wildman–Crippen MR) is 130 cm³/mol. The minimum absolute atomic E-state index is 0.000298. The number of hydrogen-bond donors (Lipinski definition) is 0. The van der Waals surface area contributed by atoms with Crippen molar-refractivity contribution in [3.8, 4) is 0 Å². The number of rotatable bonds is 5. The second kappa shape index (κ2) is 8.04. The molecule has 6 nitrogen and oxygen atoms in total. The molecule has 4 aliphatic carbocycles. The van der Waals surface area contributed by atoms with Gasteiger partial charge in [-0.15, -0.1) is 0 Å². The Morgan fingerprint density at radius 3 is 2.11 bits per heavy atom. The van der Waals surface area contributed by atoms with Crippen molar-refractivity contribution < 1.29 is 19.2 Å². The predicted octanol–water partition coefficient (Wildman–Crippen LogP) is 4.60. The lowest BCUT2D eigenvalue weighted by Crippen LogP contribution is -2.52. The van der Waals surface area contributed by atoms with E-state index in [4.69, 9.17) is 23.2 Å². The summed E-state index contributed by atoms with van der Waals surface area (Å²) in [6.07, 6.45) is 5.16. The lowest BCUT2D eigenvalue weighted by Gasteiger charge is -2.37. The fraction of sp³-hybridized carbons (Fsp3) is 0.333. The van der Waals surface area contributed by atoms with Gasteiger partial charge in [0.15, 0.2) is 5.78 Å². The quantitative estimate of drug-likeness (QED) is 0.336. The summed E-state index contributed by atoms with van der Waals surface area (Å²) in [5, 5.41) is 2.32. The van der Waals surface area contributed by atoms with Crippen LogP contribution in [0.2, 0.25) is 10.0 Å². The highest BCUT2D eigenvalue weighted by molar-refractivity contribution is 6.36. The average molecular weight is 509 g/mol. The van der Waals surface area contributed by atoms with Crippen molar-refractivity contribution in [3.05, 3.63) is 81.4 Å². The molecule has 0 N–H and O–H groups in total. The second-order valence-corrected chi connectivity index (χ2v) is 10.8. The van der Waals surface area contributed by atoms with Crippen molar-refractivity contribution in [2.75, 3.05) is 6.54 Å². The van der Waals surface area contributed by atoms with Gasteiger partial charge in [0.25, 0.3) is 17.7 Å². The largest absolute Gasteiger partial charge is 0.292 e. The zero-order valence-electron chi connectivity index (χ0n) is 18.9. The molecule has 2 bridgehead atoms. The van der Waals surface area contributed by atoms with E-state index in [9.17, 15) is 19.2 Å². The maximum absolute atomic E-state index is 13.7. The smallest absolute Gasteiger partial charge is 0.274 e. The number of allylic oxidation sites excluding steroid dienone is 2. The molecule has 7 rings (SSSR count). The molecule has 8 heteroatoms. The maximum Gasteiger partial charge on any atom is 0.274 e. The number of hydrazine groups is 1. The molecule has 35 heavy (non-hydrogen) atoms. The highest BCUT2D eigenvalue weighted by Crippen LogP contribution is 2.65. The van der Waals surface area contributed by atoms with Gasteiger partial charge in [-0.1, -0.05) is 65.2 Å². The minimum atomic E-state index is -0.696. The Hall–Kier alpha value is -2.96. The molecule has 1 saturated heterocycles. The molecule has 0 unspecified atom stereocenters. The number of Topliss-reactive ketones (excluding diaryl/α,β-unsaturated/α-hetero) is 1. The van der Waals surface area contributed by atoms with E-state index in [0.717, 1.165) is 22.0 Å². The minimum Gasteiger partial charge on any atom is -0.292 e. The van der Waals surface area contributed by atoms with Crippen molar-refractivity contribution in [1.82, 2.24) is 10.0 Å². The topological polar surface area (TPSA) is 74.8 Å². The first-order chi connectivity index (χ1) is 16.8. The monoisotopic (exact) mass is 508 g/mol. The molecular formula is C27H22Cl2N2O4. The summed E-state index contributed by atoms with van der Waals surface area (Å²) in [4.78, 5) is 54.3. The molecule has 0 spiro atoms. The molecule has 2 aromatic carbocycles. The fourth-order valence-electron chi connectivity index (χ4n) is 6.18. The second-order valence-electron chi connectivity index (χ2n) is 9.92. The van der Waals surface area contributed by atoms with Crippen LogP contribution in [-0.2, 0) is 9.59 Å². The summed E-state index contributed by atoms with van der Waals surface area (Å²) in [6.45, 7) is 1.44. The Bertz CT molecular complexity index is 1280. The van der Waals surface area contributed by atoms with E-state index < -0.39 is 36.1 Å². The molecule has 2 saturated carbocycles. The van der Waals surface area contributed by atoms with Gasteiger partial charge in [-0.25, -0.2) is 5.01 Å². The molecule has 1 heterocycles. The Morgan fingerprint density at radius 2 is 1.54 bits per heavy atom. The van der Waals surface area contributed by atoms with E-state index in [0.29, 0.717) is 22.4 Å². The summed E-state index contributed by atoms with van der Waals surface area (Å²) in [5.41, 5.74) is 1.43. The molecule has 6 atom stereocenters. The first kappa shape index (κ1) is 22.5. The summed E-state index contributed by atoms with van der Waals surface area (Å²) in [7, 11) is 0. The van der Waals surface area contributed by atoms with Gasteiger partial charge in [-0.3, -0.25) is 19.2 Å². The van der Waals surface area contributed by atoms with Crippen molar-refractivity contribution >= 4 is 46.7 Å². The maximum atomic E-state index is 13.7. The lowest BCUT2D eigenvalue weighted by molar-refractivity contribution is -0.154. The zero-order valence-corrected chi connectivity index (χ0v) is 20.4. The number of ketones is 1. The molecule has 0 radical (unpaired) electrons. The third-order valence-electron chi connectivity index (χ3n) is 7.94. The number of nitrogens with zero attached hydrogens (tertiary/aromatic N) is 2. The molecule has 2 aromatic rings. The molecule has 178 valence electrons. The van der Waals surface area contributed by atoms with Crippen LogP contribution >= 0.6 is 23.2 Å². The highest BCUT2D eigenvalue weighted by atomic mass is 35.5. The SMILES string of the molecule is Cc1ccc(C(=O)CN(C(=O)c2ccc(Cl)cc2Cl)N2C(=O)[C@@H]3[C@H]4C=C[C@@H]([C@@H]5C[C@H]45)[C@@H]3C2=O)cc1. The van der Waals surface area contributed by atoms with Crippen LogP contribution in [0.3, 0.4) is 0 Å². The van der Waals surface area contributed by atoms with Gasteiger partial charge in [0, 0.05) is 10.6 Å². The van der Waals surface area contributed by atoms with Crippen molar-refractivity contribution in [2.45, 2.75) is 13.3 Å². The first-order valence-electron chi connectivity index (χ1n) is 11.7. The van der Waals surface area contributed by atoms with Crippen LogP contribution in [0.25, 0.3) is 0 Å². The standard InChI is InChI=1S/C27H22Cl2N2O4/c1-13-2-4-14(5-3-13)22(32)12-30(25(33)18-7-6-15(28)10-21(18)29)31-26(34)23-16-8-9-17(20-11-19(16)20)24(23)27(31)35/h2-10,16-17,19-20,23-24H,11-12H2,1H3/t16-,17-,19-,20+,23-,24+/m0/s1. The van der Waals surface area contributed by atoms with Gasteiger partial charge >= 0.3 is 0 Å². The van der Waals surface area contributed by atoms with E-state index in [1.807, 2.05) is 6.92 Å². The summed E-state index contributed by atoms with van der Waals surface area (Å²) >= 11 is 12.3. The molecule has 1 aliphatic heterocycles. The number of imide groups is 1. The van der Waals surface area contributed by atoms with Gasteiger partial charge < -0.3 is 0 Å². The number of benzene rings is 2. The highest BCUT2D eigenvalue weighted by Gasteiger charge is 2.68. The van der Waals surface area contributed by atoms with Crippen LogP contribution < -0.4 is 0 Å². The molecule has 3 amide bonds. The molecule has 0 aromatic heterocycles. The summed E-state index contributed by atoms with van der Waals surface area (Å²) in [5.74, 6) is -2.06. The zero-order chi connectivity index (χ0) is 24.6. The van der Waals surface area contributed by atoms with Gasteiger partial charge in [-0.2, -0.15) is 5.01 Å². The van der Waals surface area contributed by atoms with E-state index in [2.05, 4.69) is 12.2 Å². The Labute approximate surface area is 212 Å². The Morgan fingerprint density at radius 1 is 0.943 bits per heavy atom. The molecule has 3 fully saturated rings. The van der Waals surface area contributed by atoms with E-state index in [1.165, 1.54) is 18.2 Å². The van der Waals surface area contributed by atoms with Crippen LogP contribution in [0.5, 0.6) is 0 Å². The molecular weight excluding hydrogens is 487 g/mol. The third-order valence-corrected chi connectivity index (χ3v) is 8.49. The van der Waals surface area contributed by atoms with Crippen molar-refractivity contribution in [3.63, 3.8) is 0 Å². The lowest BCUT2D eigenvalue weighted by atomic mass is 9.63. The number of amides is 3.